The quantitative estimate of drug-likeness (QED) is 0.212. The fourth-order valence-corrected chi connectivity index (χ4v) is 5.77. The second kappa shape index (κ2) is 13.8. The van der Waals surface area contributed by atoms with Crippen molar-refractivity contribution in [1.82, 2.24) is 10.2 Å². The molecule has 0 spiro atoms. The largest absolute Gasteiger partial charge is 0.352 e. The van der Waals surface area contributed by atoms with Gasteiger partial charge in [0.15, 0.2) is 0 Å². The summed E-state index contributed by atoms with van der Waals surface area (Å²) in [4.78, 5) is 38.8. The summed E-state index contributed by atoms with van der Waals surface area (Å²) < 4.78 is 28.4. The number of anilines is 1. The van der Waals surface area contributed by atoms with Crippen molar-refractivity contribution in [3.05, 3.63) is 98.5 Å². The standard InChI is InChI=1S/C28H30Cl2N4O6S/c1-4-19(2)31-28(36)20(3)32(17-21-10-11-22(29)16-26(21)30)27(35)18-33(23-12-14-24(15-13-23)34(37)38)41(39,40)25-8-6-5-7-9-25/h5-16,19-20H,4,17-18H2,1-3H3,(H,31,36)/t19-,20+/m0/s1. The van der Waals surface area contributed by atoms with Crippen LogP contribution in [0.15, 0.2) is 77.7 Å². The van der Waals surface area contributed by atoms with Gasteiger partial charge in [0.2, 0.25) is 11.8 Å². The summed E-state index contributed by atoms with van der Waals surface area (Å²) in [5.41, 5.74) is 0.292. The Labute approximate surface area is 249 Å². The summed E-state index contributed by atoms with van der Waals surface area (Å²) in [6.45, 7) is 4.48. The van der Waals surface area contributed by atoms with Gasteiger partial charge in [-0.25, -0.2) is 8.42 Å². The minimum absolute atomic E-state index is 0.0361. The molecule has 0 aliphatic heterocycles. The van der Waals surface area contributed by atoms with Crippen molar-refractivity contribution in [2.75, 3.05) is 10.8 Å². The molecule has 0 saturated carbocycles. The Morgan fingerprint density at radius 3 is 2.20 bits per heavy atom. The monoisotopic (exact) mass is 620 g/mol. The average Bonchev–Trinajstić information content (AvgIpc) is 2.95. The minimum atomic E-state index is -4.30. The number of benzene rings is 3. The molecule has 0 aliphatic carbocycles. The predicted molar refractivity (Wildman–Crippen MR) is 158 cm³/mol. The van der Waals surface area contributed by atoms with E-state index in [1.54, 1.807) is 37.3 Å². The number of nitrogens with one attached hydrogen (secondary N) is 1. The Balaban J connectivity index is 2.05. The molecule has 10 nitrogen and oxygen atoms in total. The Kier molecular flexibility index (Phi) is 10.7. The SMILES string of the molecule is CC[C@H](C)NC(=O)[C@@H](C)N(Cc1ccc(Cl)cc1Cl)C(=O)CN(c1ccc([N+](=O)[O-])cc1)S(=O)(=O)c1ccccc1. The van der Waals surface area contributed by atoms with Gasteiger partial charge in [-0.1, -0.05) is 54.4 Å². The number of non-ortho nitro benzene ring substituents is 1. The van der Waals surface area contributed by atoms with E-state index in [2.05, 4.69) is 5.32 Å². The normalized spacial score (nSPS) is 12.7. The number of hydrogen-bond acceptors (Lipinski definition) is 6. The molecule has 0 saturated heterocycles. The van der Waals surface area contributed by atoms with Gasteiger partial charge in [-0.15, -0.1) is 0 Å². The van der Waals surface area contributed by atoms with Gasteiger partial charge < -0.3 is 10.2 Å². The molecule has 218 valence electrons. The molecule has 0 unspecified atom stereocenters. The third kappa shape index (κ3) is 7.96. The van der Waals surface area contributed by atoms with E-state index in [1.165, 1.54) is 35.2 Å². The number of nitrogens with zero attached hydrogens (tertiary/aromatic N) is 3. The lowest BCUT2D eigenvalue weighted by molar-refractivity contribution is -0.384. The van der Waals surface area contributed by atoms with Crippen LogP contribution in [0.4, 0.5) is 11.4 Å². The summed E-state index contributed by atoms with van der Waals surface area (Å²) in [6, 6.07) is 15.9. The molecular weight excluding hydrogens is 591 g/mol. The van der Waals surface area contributed by atoms with Crippen LogP contribution in [0.1, 0.15) is 32.8 Å². The maximum absolute atomic E-state index is 13.9. The van der Waals surface area contributed by atoms with E-state index in [1.807, 2.05) is 13.8 Å². The lowest BCUT2D eigenvalue weighted by Gasteiger charge is -2.32. The molecule has 1 N–H and O–H groups in total. The molecule has 3 aromatic carbocycles. The molecule has 3 aromatic rings. The fourth-order valence-electron chi connectivity index (χ4n) is 3.87. The number of halogens is 2. The molecular formula is C28H30Cl2N4O6S. The van der Waals surface area contributed by atoms with Crippen LogP contribution in [-0.2, 0) is 26.2 Å². The number of hydrogen-bond donors (Lipinski definition) is 1. The Morgan fingerprint density at radius 1 is 1.00 bits per heavy atom. The highest BCUT2D eigenvalue weighted by Gasteiger charge is 2.33. The van der Waals surface area contributed by atoms with E-state index in [0.29, 0.717) is 17.0 Å². The first-order valence-electron chi connectivity index (χ1n) is 12.7. The lowest BCUT2D eigenvalue weighted by Crippen LogP contribution is -2.52. The molecule has 2 atom stereocenters. The van der Waals surface area contributed by atoms with Crippen molar-refractivity contribution in [2.24, 2.45) is 0 Å². The topological polar surface area (TPSA) is 130 Å². The van der Waals surface area contributed by atoms with Gasteiger partial charge in [-0.3, -0.25) is 24.0 Å². The molecule has 3 rings (SSSR count). The van der Waals surface area contributed by atoms with Crippen molar-refractivity contribution in [3.63, 3.8) is 0 Å². The maximum Gasteiger partial charge on any atom is 0.269 e. The van der Waals surface area contributed by atoms with Crippen molar-refractivity contribution in [1.29, 1.82) is 0 Å². The zero-order valence-corrected chi connectivity index (χ0v) is 25.0. The second-order valence-corrected chi connectivity index (χ2v) is 12.1. The second-order valence-electron chi connectivity index (χ2n) is 9.35. The molecule has 0 aliphatic rings. The average molecular weight is 622 g/mol. The molecule has 0 bridgehead atoms. The number of nitro benzene ring substituents is 1. The first-order chi connectivity index (χ1) is 19.3. The molecule has 41 heavy (non-hydrogen) atoms. The molecule has 0 radical (unpaired) electrons. The van der Waals surface area contributed by atoms with Crippen LogP contribution in [0.5, 0.6) is 0 Å². The Hall–Kier alpha value is -3.67. The number of sulfonamides is 1. The zero-order chi connectivity index (χ0) is 30.3. The van der Waals surface area contributed by atoms with Crippen molar-refractivity contribution in [2.45, 2.75) is 50.7 Å². The maximum atomic E-state index is 13.9. The van der Waals surface area contributed by atoms with E-state index in [4.69, 9.17) is 23.2 Å². The van der Waals surface area contributed by atoms with Gasteiger partial charge in [0.1, 0.15) is 12.6 Å². The number of carbonyl (C=O) groups excluding carboxylic acids is 2. The summed E-state index contributed by atoms with van der Waals surface area (Å²) >= 11 is 12.4. The smallest absolute Gasteiger partial charge is 0.269 e. The van der Waals surface area contributed by atoms with E-state index in [9.17, 15) is 28.1 Å². The summed E-state index contributed by atoms with van der Waals surface area (Å²) in [5.74, 6) is -1.12. The van der Waals surface area contributed by atoms with Gasteiger partial charge >= 0.3 is 0 Å². The summed E-state index contributed by atoms with van der Waals surface area (Å²) in [5, 5.41) is 14.7. The third-order valence-corrected chi connectivity index (χ3v) is 8.86. The fraction of sp³-hybridized carbons (Fsp3) is 0.286. The number of amides is 2. The van der Waals surface area contributed by atoms with E-state index >= 15 is 0 Å². The molecule has 0 heterocycles. The van der Waals surface area contributed by atoms with Crippen LogP contribution in [0.3, 0.4) is 0 Å². The van der Waals surface area contributed by atoms with Gasteiger partial charge in [-0.05, 0) is 62.2 Å². The van der Waals surface area contributed by atoms with Crippen molar-refractivity contribution >= 4 is 56.4 Å². The highest BCUT2D eigenvalue weighted by atomic mass is 35.5. The first kappa shape index (κ1) is 31.9. The first-order valence-corrected chi connectivity index (χ1v) is 14.9. The van der Waals surface area contributed by atoms with Crippen LogP contribution >= 0.6 is 23.2 Å². The van der Waals surface area contributed by atoms with Gasteiger partial charge in [-0.2, -0.15) is 0 Å². The van der Waals surface area contributed by atoms with Gasteiger partial charge in [0.25, 0.3) is 15.7 Å². The number of carbonyl (C=O) groups is 2. The highest BCUT2D eigenvalue weighted by Crippen LogP contribution is 2.27. The van der Waals surface area contributed by atoms with Crippen molar-refractivity contribution < 1.29 is 22.9 Å². The zero-order valence-electron chi connectivity index (χ0n) is 22.7. The highest BCUT2D eigenvalue weighted by molar-refractivity contribution is 7.92. The number of nitro groups is 1. The molecule has 2 amide bonds. The van der Waals surface area contributed by atoms with Crippen LogP contribution < -0.4 is 9.62 Å². The van der Waals surface area contributed by atoms with E-state index < -0.39 is 39.3 Å². The number of rotatable bonds is 12. The van der Waals surface area contributed by atoms with E-state index in [0.717, 1.165) is 16.4 Å². The lowest BCUT2D eigenvalue weighted by atomic mass is 10.1. The Morgan fingerprint density at radius 2 is 1.63 bits per heavy atom. The van der Waals surface area contributed by atoms with Crippen LogP contribution in [0.2, 0.25) is 10.0 Å². The third-order valence-electron chi connectivity index (χ3n) is 6.48. The summed E-state index contributed by atoms with van der Waals surface area (Å²) in [7, 11) is -4.30. The van der Waals surface area contributed by atoms with Crippen molar-refractivity contribution in [3.8, 4) is 0 Å². The van der Waals surface area contributed by atoms with Crippen LogP contribution in [0.25, 0.3) is 0 Å². The Bertz CT molecular complexity index is 1500. The van der Waals surface area contributed by atoms with Gasteiger partial charge in [0.05, 0.1) is 15.5 Å². The summed E-state index contributed by atoms with van der Waals surface area (Å²) in [6.07, 6.45) is 0.665. The molecule has 13 heteroatoms. The molecule has 0 aromatic heterocycles. The molecule has 0 fully saturated rings. The van der Waals surface area contributed by atoms with E-state index in [-0.39, 0.29) is 33.9 Å². The van der Waals surface area contributed by atoms with Crippen LogP contribution in [-0.4, -0.2) is 48.7 Å². The van der Waals surface area contributed by atoms with Gasteiger partial charge in [0, 0.05) is 34.8 Å². The van der Waals surface area contributed by atoms with Crippen LogP contribution in [0, 0.1) is 10.1 Å². The minimum Gasteiger partial charge on any atom is -0.352 e. The predicted octanol–water partition coefficient (Wildman–Crippen LogP) is 5.43.